The van der Waals surface area contributed by atoms with Crippen LogP contribution >= 0.6 is 15.9 Å². The van der Waals surface area contributed by atoms with E-state index in [0.717, 1.165) is 22.0 Å². The first-order valence-corrected chi connectivity index (χ1v) is 5.74. The van der Waals surface area contributed by atoms with Crippen molar-refractivity contribution in [2.24, 2.45) is 0 Å². The third-order valence-electron chi connectivity index (χ3n) is 2.38. The summed E-state index contributed by atoms with van der Waals surface area (Å²) in [6.07, 6.45) is 2.20. The Bertz CT molecular complexity index is 378. The maximum Gasteiger partial charge on any atom is 0.136 e. The second-order valence-corrected chi connectivity index (χ2v) is 4.62. The van der Waals surface area contributed by atoms with E-state index in [4.69, 9.17) is 4.74 Å². The van der Waals surface area contributed by atoms with E-state index in [0.29, 0.717) is 12.4 Å². The Hall–Kier alpha value is -0.800. The van der Waals surface area contributed by atoms with E-state index in [2.05, 4.69) is 15.9 Å². The van der Waals surface area contributed by atoms with Gasteiger partial charge in [-0.25, -0.2) is 0 Å². The van der Waals surface area contributed by atoms with Crippen LogP contribution in [0.25, 0.3) is 0 Å². The molecule has 80 valence electrons. The van der Waals surface area contributed by atoms with Crippen LogP contribution in [0.3, 0.4) is 0 Å². The van der Waals surface area contributed by atoms with Gasteiger partial charge in [0, 0.05) is 10.9 Å². The summed E-state index contributed by atoms with van der Waals surface area (Å²) in [6.45, 7) is 2.68. The van der Waals surface area contributed by atoms with Crippen LogP contribution in [0.5, 0.6) is 0 Å². The fraction of sp³-hybridized carbons (Fsp3) is 0.333. The molecule has 0 saturated carbocycles. The molecule has 3 heteroatoms. The summed E-state index contributed by atoms with van der Waals surface area (Å²) < 4.78 is 6.33. The Morgan fingerprint density at radius 1 is 1.40 bits per heavy atom. The van der Waals surface area contributed by atoms with Gasteiger partial charge in [0.25, 0.3) is 0 Å². The van der Waals surface area contributed by atoms with E-state index < -0.39 is 6.10 Å². The highest BCUT2D eigenvalue weighted by atomic mass is 79.9. The van der Waals surface area contributed by atoms with Crippen molar-refractivity contribution < 1.29 is 9.84 Å². The van der Waals surface area contributed by atoms with Crippen molar-refractivity contribution in [3.63, 3.8) is 0 Å². The van der Waals surface area contributed by atoms with Gasteiger partial charge in [0.15, 0.2) is 0 Å². The highest BCUT2D eigenvalue weighted by molar-refractivity contribution is 9.10. The maximum atomic E-state index is 10.1. The Labute approximate surface area is 97.7 Å². The molecule has 0 spiro atoms. The molecule has 1 N–H and O–H groups in total. The molecule has 1 aromatic rings. The second-order valence-electron chi connectivity index (χ2n) is 3.71. The summed E-state index contributed by atoms with van der Waals surface area (Å²) in [4.78, 5) is 0. The molecule has 1 aliphatic rings. The highest BCUT2D eigenvalue weighted by Gasteiger charge is 2.18. The van der Waals surface area contributed by atoms with Crippen LogP contribution < -0.4 is 0 Å². The van der Waals surface area contributed by atoms with Crippen molar-refractivity contribution in [3.8, 4) is 0 Å². The normalized spacial score (nSPS) is 17.1. The number of hydrogen-bond acceptors (Lipinski definition) is 2. The molecule has 15 heavy (non-hydrogen) atoms. The zero-order valence-electron chi connectivity index (χ0n) is 8.53. The number of rotatable bonds is 2. The van der Waals surface area contributed by atoms with Gasteiger partial charge >= 0.3 is 0 Å². The lowest BCUT2D eigenvalue weighted by Gasteiger charge is -2.13. The minimum absolute atomic E-state index is 0.635. The van der Waals surface area contributed by atoms with E-state index in [-0.39, 0.29) is 0 Å². The minimum atomic E-state index is -0.635. The van der Waals surface area contributed by atoms with Crippen LogP contribution in [0.1, 0.15) is 23.7 Å². The number of aryl methyl sites for hydroxylation is 1. The number of ether oxygens (including phenoxy) is 1. The number of aliphatic hydroxyl groups is 1. The Morgan fingerprint density at radius 2 is 2.20 bits per heavy atom. The molecule has 0 aliphatic carbocycles. The van der Waals surface area contributed by atoms with Crippen molar-refractivity contribution in [3.05, 3.63) is 45.6 Å². The van der Waals surface area contributed by atoms with Gasteiger partial charge < -0.3 is 9.84 Å². The molecule has 1 heterocycles. The van der Waals surface area contributed by atoms with Gasteiger partial charge in [-0.1, -0.05) is 22.0 Å². The molecule has 0 bridgehead atoms. The predicted molar refractivity (Wildman–Crippen MR) is 62.5 cm³/mol. The van der Waals surface area contributed by atoms with E-state index in [1.165, 1.54) is 0 Å². The van der Waals surface area contributed by atoms with Gasteiger partial charge in [0.1, 0.15) is 11.9 Å². The Morgan fingerprint density at radius 3 is 2.80 bits per heavy atom. The van der Waals surface area contributed by atoms with Gasteiger partial charge in [-0.2, -0.15) is 0 Å². The summed E-state index contributed by atoms with van der Waals surface area (Å²) in [5, 5.41) is 10.1. The summed E-state index contributed by atoms with van der Waals surface area (Å²) in [7, 11) is 0. The first-order chi connectivity index (χ1) is 7.16. The minimum Gasteiger partial charge on any atom is -0.495 e. The SMILES string of the molecule is Cc1cc(Br)cc(C(O)C2=CCCO2)c1. The molecule has 0 saturated heterocycles. The molecule has 0 radical (unpaired) electrons. The molecular formula is C12H13BrO2. The van der Waals surface area contributed by atoms with Crippen molar-refractivity contribution >= 4 is 15.9 Å². The molecule has 0 fully saturated rings. The van der Waals surface area contributed by atoms with E-state index >= 15 is 0 Å². The van der Waals surface area contributed by atoms with Crippen LogP contribution in [0.2, 0.25) is 0 Å². The third kappa shape index (κ3) is 2.41. The molecule has 1 aromatic carbocycles. The fourth-order valence-electron chi connectivity index (χ4n) is 1.71. The van der Waals surface area contributed by atoms with Crippen LogP contribution in [0.15, 0.2) is 34.5 Å². The van der Waals surface area contributed by atoms with E-state index in [1.54, 1.807) is 0 Å². The maximum absolute atomic E-state index is 10.1. The average Bonchev–Trinajstić information content (AvgIpc) is 2.67. The average molecular weight is 269 g/mol. The molecule has 0 aromatic heterocycles. The first kappa shape index (κ1) is 10.7. The van der Waals surface area contributed by atoms with Gasteiger partial charge in [-0.05, 0) is 36.3 Å². The van der Waals surface area contributed by atoms with Crippen molar-refractivity contribution in [2.75, 3.05) is 6.61 Å². The molecule has 1 aliphatic heterocycles. The van der Waals surface area contributed by atoms with Crippen LogP contribution in [-0.2, 0) is 4.74 Å². The lowest BCUT2D eigenvalue weighted by Crippen LogP contribution is -2.02. The molecule has 0 amide bonds. The molecule has 2 rings (SSSR count). The fourth-order valence-corrected chi connectivity index (χ4v) is 2.34. The topological polar surface area (TPSA) is 29.5 Å². The predicted octanol–water partition coefficient (Wildman–Crippen LogP) is 3.10. The Kier molecular flexibility index (Phi) is 3.12. The first-order valence-electron chi connectivity index (χ1n) is 4.95. The van der Waals surface area contributed by atoms with Gasteiger partial charge in [0.05, 0.1) is 6.61 Å². The monoisotopic (exact) mass is 268 g/mol. The Balaban J connectivity index is 2.28. The summed E-state index contributed by atoms with van der Waals surface area (Å²) in [5.41, 5.74) is 1.99. The van der Waals surface area contributed by atoms with Crippen LogP contribution in [-0.4, -0.2) is 11.7 Å². The lowest BCUT2D eigenvalue weighted by molar-refractivity contribution is 0.119. The molecule has 2 nitrogen and oxygen atoms in total. The largest absolute Gasteiger partial charge is 0.495 e. The second kappa shape index (κ2) is 4.37. The standard InChI is InChI=1S/C12H13BrO2/c1-8-5-9(7-10(13)6-8)12(14)11-3-2-4-15-11/h3,5-7,12,14H,2,4H2,1H3. The zero-order valence-corrected chi connectivity index (χ0v) is 10.1. The number of hydrogen-bond donors (Lipinski definition) is 1. The number of aliphatic hydroxyl groups excluding tert-OH is 1. The molecule has 1 atom stereocenters. The summed E-state index contributed by atoms with van der Waals surface area (Å²) >= 11 is 3.42. The van der Waals surface area contributed by atoms with Crippen LogP contribution in [0.4, 0.5) is 0 Å². The number of benzene rings is 1. The van der Waals surface area contributed by atoms with Gasteiger partial charge in [-0.15, -0.1) is 0 Å². The van der Waals surface area contributed by atoms with E-state index in [9.17, 15) is 5.11 Å². The lowest BCUT2D eigenvalue weighted by atomic mass is 10.1. The van der Waals surface area contributed by atoms with E-state index in [1.807, 2.05) is 31.2 Å². The third-order valence-corrected chi connectivity index (χ3v) is 2.84. The summed E-state index contributed by atoms with van der Waals surface area (Å²) in [5.74, 6) is 0.674. The zero-order chi connectivity index (χ0) is 10.8. The van der Waals surface area contributed by atoms with Crippen molar-refractivity contribution in [2.45, 2.75) is 19.4 Å². The quantitative estimate of drug-likeness (QED) is 0.894. The highest BCUT2D eigenvalue weighted by Crippen LogP contribution is 2.28. The van der Waals surface area contributed by atoms with Crippen molar-refractivity contribution in [1.29, 1.82) is 0 Å². The molecule has 1 unspecified atom stereocenters. The number of halogens is 1. The van der Waals surface area contributed by atoms with Gasteiger partial charge in [-0.3, -0.25) is 0 Å². The van der Waals surface area contributed by atoms with Crippen molar-refractivity contribution in [1.82, 2.24) is 0 Å². The summed E-state index contributed by atoms with van der Waals surface area (Å²) in [6, 6.07) is 5.90. The molecular weight excluding hydrogens is 256 g/mol. The smallest absolute Gasteiger partial charge is 0.136 e. The van der Waals surface area contributed by atoms with Crippen LogP contribution in [0, 0.1) is 6.92 Å². The van der Waals surface area contributed by atoms with Gasteiger partial charge in [0.2, 0.25) is 0 Å².